The van der Waals surface area contributed by atoms with Crippen molar-refractivity contribution in [2.24, 2.45) is 0 Å². The second kappa shape index (κ2) is 6.11. The SMILES string of the molecule is CNC(=O)NC(=O)Cn1nnc(-c2ccc(Cl)cc2)n1. The van der Waals surface area contributed by atoms with Crippen molar-refractivity contribution < 1.29 is 9.59 Å². The maximum absolute atomic E-state index is 11.5. The van der Waals surface area contributed by atoms with E-state index in [0.29, 0.717) is 10.8 Å². The average Bonchev–Trinajstić information content (AvgIpc) is 2.87. The highest BCUT2D eigenvalue weighted by Gasteiger charge is 2.10. The largest absolute Gasteiger partial charge is 0.341 e. The van der Waals surface area contributed by atoms with Gasteiger partial charge in [-0.2, -0.15) is 4.80 Å². The van der Waals surface area contributed by atoms with E-state index in [4.69, 9.17) is 11.6 Å². The van der Waals surface area contributed by atoms with Crippen LogP contribution in [-0.2, 0) is 11.3 Å². The molecule has 2 N–H and O–H groups in total. The number of hydrogen-bond donors (Lipinski definition) is 2. The molecular formula is C11H11ClN6O2. The van der Waals surface area contributed by atoms with E-state index in [1.165, 1.54) is 7.05 Å². The van der Waals surface area contributed by atoms with Crippen molar-refractivity contribution in [1.29, 1.82) is 0 Å². The molecule has 1 heterocycles. The number of urea groups is 1. The number of hydrogen-bond acceptors (Lipinski definition) is 5. The second-order valence-corrected chi connectivity index (χ2v) is 4.21. The summed E-state index contributed by atoms with van der Waals surface area (Å²) in [6.45, 7) is -0.200. The molecule has 104 valence electrons. The summed E-state index contributed by atoms with van der Waals surface area (Å²) < 4.78 is 0. The Morgan fingerprint density at radius 2 is 2.00 bits per heavy atom. The molecule has 8 nitrogen and oxygen atoms in total. The summed E-state index contributed by atoms with van der Waals surface area (Å²) in [5, 5.41) is 16.6. The molecular weight excluding hydrogens is 284 g/mol. The van der Waals surface area contributed by atoms with Gasteiger partial charge in [0, 0.05) is 17.6 Å². The molecule has 0 aliphatic rings. The molecule has 0 spiro atoms. The van der Waals surface area contributed by atoms with Gasteiger partial charge in [-0.15, -0.1) is 10.2 Å². The van der Waals surface area contributed by atoms with Crippen LogP contribution in [0.1, 0.15) is 0 Å². The molecule has 0 atom stereocenters. The molecule has 2 rings (SSSR count). The number of benzene rings is 1. The van der Waals surface area contributed by atoms with Gasteiger partial charge in [-0.25, -0.2) is 4.79 Å². The van der Waals surface area contributed by atoms with Gasteiger partial charge in [-0.1, -0.05) is 11.6 Å². The van der Waals surface area contributed by atoms with Crippen LogP contribution < -0.4 is 10.6 Å². The minimum atomic E-state index is -0.590. The van der Waals surface area contributed by atoms with Gasteiger partial charge in [0.15, 0.2) is 0 Å². The monoisotopic (exact) mass is 294 g/mol. The first-order valence-corrected chi connectivity index (χ1v) is 6.01. The van der Waals surface area contributed by atoms with E-state index in [1.807, 2.05) is 0 Å². The standard InChI is InChI=1S/C11H11ClN6O2/c1-13-11(20)14-9(19)6-18-16-10(15-17-18)7-2-4-8(12)5-3-7/h2-5H,6H2,1H3,(H2,13,14,19,20). The highest BCUT2D eigenvalue weighted by atomic mass is 35.5. The van der Waals surface area contributed by atoms with E-state index in [-0.39, 0.29) is 6.54 Å². The molecule has 3 amide bonds. The number of amides is 3. The van der Waals surface area contributed by atoms with Crippen LogP contribution in [0.3, 0.4) is 0 Å². The third kappa shape index (κ3) is 3.51. The Labute approximate surface area is 119 Å². The summed E-state index contributed by atoms with van der Waals surface area (Å²) in [6, 6.07) is 6.31. The molecule has 1 aromatic carbocycles. The van der Waals surface area contributed by atoms with Crippen molar-refractivity contribution in [1.82, 2.24) is 30.8 Å². The Morgan fingerprint density at radius 1 is 1.30 bits per heavy atom. The number of halogens is 1. The van der Waals surface area contributed by atoms with Crippen LogP contribution in [0.2, 0.25) is 5.02 Å². The lowest BCUT2D eigenvalue weighted by Crippen LogP contribution is -2.39. The number of aromatic nitrogens is 4. The van der Waals surface area contributed by atoms with E-state index >= 15 is 0 Å². The van der Waals surface area contributed by atoms with Gasteiger partial charge in [-0.05, 0) is 29.5 Å². The first-order valence-electron chi connectivity index (χ1n) is 5.64. The van der Waals surface area contributed by atoms with Crippen LogP contribution in [0.15, 0.2) is 24.3 Å². The highest BCUT2D eigenvalue weighted by Crippen LogP contribution is 2.16. The predicted molar refractivity (Wildman–Crippen MR) is 70.9 cm³/mol. The smallest absolute Gasteiger partial charge is 0.321 e. The fraction of sp³-hybridized carbons (Fsp3) is 0.182. The lowest BCUT2D eigenvalue weighted by Gasteiger charge is -2.01. The van der Waals surface area contributed by atoms with Crippen LogP contribution in [0.4, 0.5) is 4.79 Å². The van der Waals surface area contributed by atoms with Gasteiger partial charge < -0.3 is 5.32 Å². The Kier molecular flexibility index (Phi) is 4.26. The van der Waals surface area contributed by atoms with Crippen molar-refractivity contribution in [3.63, 3.8) is 0 Å². The lowest BCUT2D eigenvalue weighted by atomic mass is 10.2. The van der Waals surface area contributed by atoms with Crippen LogP contribution in [0.5, 0.6) is 0 Å². The van der Waals surface area contributed by atoms with Crippen molar-refractivity contribution in [2.75, 3.05) is 7.05 Å². The summed E-state index contributed by atoms with van der Waals surface area (Å²) in [5.74, 6) is -0.168. The molecule has 1 aromatic heterocycles. The van der Waals surface area contributed by atoms with Gasteiger partial charge in [-0.3, -0.25) is 10.1 Å². The Bertz CT molecular complexity index is 624. The van der Waals surface area contributed by atoms with Gasteiger partial charge in [0.05, 0.1) is 0 Å². The van der Waals surface area contributed by atoms with Crippen molar-refractivity contribution in [3.8, 4) is 11.4 Å². The molecule has 0 unspecified atom stereocenters. The number of carbonyl (C=O) groups is 2. The number of tetrazole rings is 1. The van der Waals surface area contributed by atoms with Crippen LogP contribution in [-0.4, -0.2) is 39.2 Å². The van der Waals surface area contributed by atoms with Crippen molar-refractivity contribution in [3.05, 3.63) is 29.3 Å². The Morgan fingerprint density at radius 3 is 2.65 bits per heavy atom. The maximum Gasteiger partial charge on any atom is 0.321 e. The zero-order chi connectivity index (χ0) is 14.5. The zero-order valence-corrected chi connectivity index (χ0v) is 11.3. The molecule has 0 aliphatic heterocycles. The fourth-order valence-electron chi connectivity index (χ4n) is 1.38. The van der Waals surface area contributed by atoms with Gasteiger partial charge in [0.2, 0.25) is 5.82 Å². The normalized spacial score (nSPS) is 10.1. The maximum atomic E-state index is 11.5. The number of imide groups is 1. The predicted octanol–water partition coefficient (Wildman–Crippen LogP) is 0.449. The molecule has 0 bridgehead atoms. The molecule has 9 heteroatoms. The zero-order valence-electron chi connectivity index (χ0n) is 10.5. The van der Waals surface area contributed by atoms with Crippen molar-refractivity contribution >= 4 is 23.5 Å². The summed E-state index contributed by atoms with van der Waals surface area (Å²) in [4.78, 5) is 23.5. The van der Waals surface area contributed by atoms with Crippen LogP contribution in [0.25, 0.3) is 11.4 Å². The van der Waals surface area contributed by atoms with E-state index in [1.54, 1.807) is 24.3 Å². The van der Waals surface area contributed by atoms with Crippen molar-refractivity contribution in [2.45, 2.75) is 6.54 Å². The molecule has 20 heavy (non-hydrogen) atoms. The topological polar surface area (TPSA) is 102 Å². The van der Waals surface area contributed by atoms with E-state index in [0.717, 1.165) is 10.4 Å². The number of nitrogens with one attached hydrogen (secondary N) is 2. The first kappa shape index (κ1) is 13.9. The van der Waals surface area contributed by atoms with Crippen LogP contribution in [0, 0.1) is 0 Å². The lowest BCUT2D eigenvalue weighted by molar-refractivity contribution is -0.121. The minimum absolute atomic E-state index is 0.200. The van der Waals surface area contributed by atoms with Gasteiger partial charge >= 0.3 is 6.03 Å². The molecule has 2 aromatic rings. The number of nitrogens with zero attached hydrogens (tertiary/aromatic N) is 4. The molecule has 0 aliphatic carbocycles. The van der Waals surface area contributed by atoms with E-state index in [2.05, 4.69) is 26.0 Å². The highest BCUT2D eigenvalue weighted by molar-refractivity contribution is 6.30. The summed E-state index contributed by atoms with van der Waals surface area (Å²) >= 11 is 5.78. The molecule has 0 fully saturated rings. The van der Waals surface area contributed by atoms with E-state index < -0.39 is 11.9 Å². The molecule has 0 saturated heterocycles. The first-order chi connectivity index (χ1) is 9.58. The van der Waals surface area contributed by atoms with Crippen LogP contribution >= 0.6 is 11.6 Å². The Hall–Kier alpha value is -2.48. The molecule has 0 saturated carbocycles. The second-order valence-electron chi connectivity index (χ2n) is 3.78. The minimum Gasteiger partial charge on any atom is -0.341 e. The van der Waals surface area contributed by atoms with Gasteiger partial charge in [0.25, 0.3) is 5.91 Å². The number of rotatable bonds is 3. The quantitative estimate of drug-likeness (QED) is 0.855. The summed E-state index contributed by atoms with van der Waals surface area (Å²) in [5.41, 5.74) is 0.729. The fourth-order valence-corrected chi connectivity index (χ4v) is 1.51. The van der Waals surface area contributed by atoms with Gasteiger partial charge in [0.1, 0.15) is 6.54 Å². The third-order valence-electron chi connectivity index (χ3n) is 2.32. The van der Waals surface area contributed by atoms with E-state index in [9.17, 15) is 9.59 Å². The third-order valence-corrected chi connectivity index (χ3v) is 2.57. The number of carbonyl (C=O) groups excluding carboxylic acids is 2. The summed E-state index contributed by atoms with van der Waals surface area (Å²) in [6.07, 6.45) is 0. The average molecular weight is 295 g/mol. The Balaban J connectivity index is 2.04. The summed E-state index contributed by atoms with van der Waals surface area (Å²) in [7, 11) is 1.41. The molecule has 0 radical (unpaired) electrons.